The molecule has 0 spiro atoms. The van der Waals surface area contributed by atoms with Crippen molar-refractivity contribution in [1.82, 2.24) is 14.1 Å². The van der Waals surface area contributed by atoms with E-state index in [1.54, 1.807) is 6.07 Å². The van der Waals surface area contributed by atoms with Gasteiger partial charge in [0.2, 0.25) is 10.0 Å². The van der Waals surface area contributed by atoms with Crippen LogP contribution >= 0.6 is 11.3 Å². The molecule has 4 rings (SSSR count). The molecule has 1 N–H and O–H groups in total. The van der Waals surface area contributed by atoms with Crippen molar-refractivity contribution in [3.63, 3.8) is 0 Å². The highest BCUT2D eigenvalue weighted by atomic mass is 32.2. The minimum absolute atomic E-state index is 0.0510. The number of benzene rings is 1. The average Bonchev–Trinajstić information content (AvgIpc) is 3.34. The summed E-state index contributed by atoms with van der Waals surface area (Å²) in [6.45, 7) is 1.96. The highest BCUT2D eigenvalue weighted by Gasteiger charge is 2.43. The number of thiophene rings is 1. The summed E-state index contributed by atoms with van der Waals surface area (Å²) in [6.07, 6.45) is 2.79. The van der Waals surface area contributed by atoms with Gasteiger partial charge in [-0.05, 0) is 37.5 Å². The summed E-state index contributed by atoms with van der Waals surface area (Å²) < 4.78 is 59.1. The molecule has 2 saturated heterocycles. The van der Waals surface area contributed by atoms with Gasteiger partial charge in [-0.2, -0.15) is 8.61 Å². The van der Waals surface area contributed by atoms with Crippen LogP contribution in [0.2, 0.25) is 0 Å². The molecule has 0 aliphatic carbocycles. The van der Waals surface area contributed by atoms with Gasteiger partial charge in [0.1, 0.15) is 10.3 Å². The third kappa shape index (κ3) is 6.10. The zero-order valence-electron chi connectivity index (χ0n) is 19.5. The van der Waals surface area contributed by atoms with Gasteiger partial charge >= 0.3 is 0 Å². The maximum absolute atomic E-state index is 13.6. The number of nitrogens with one attached hydrogen (secondary N) is 1. The molecule has 2 aliphatic heterocycles. The van der Waals surface area contributed by atoms with E-state index in [4.69, 9.17) is 9.57 Å². The minimum Gasteiger partial charge on any atom is -0.350 e. The van der Waals surface area contributed by atoms with Gasteiger partial charge < -0.3 is 4.74 Å². The lowest BCUT2D eigenvalue weighted by molar-refractivity contribution is -0.202. The van der Waals surface area contributed by atoms with Crippen molar-refractivity contribution in [2.75, 3.05) is 32.5 Å². The largest absolute Gasteiger partial charge is 0.350 e. The van der Waals surface area contributed by atoms with Gasteiger partial charge in [0.05, 0.1) is 6.26 Å². The average molecular weight is 544 g/mol. The van der Waals surface area contributed by atoms with Gasteiger partial charge in [-0.25, -0.2) is 27.2 Å². The maximum atomic E-state index is 13.6. The Morgan fingerprint density at radius 2 is 1.83 bits per heavy atom. The van der Waals surface area contributed by atoms with Crippen LogP contribution in [0.15, 0.2) is 40.6 Å². The Bertz CT molecular complexity index is 1250. The number of sulfonamides is 2. The standard InChI is InChI=1S/C22H29N3O7S3/c1-16-6-8-17(9-7-16)19-10-11-21(33-19)35(29,30)25-13-12-24(34(2,27)28)15-18(25)22(26)23-32-20-5-3-4-14-31-20/h6-11,18,20H,3-5,12-15H2,1-2H3,(H,23,26). The van der Waals surface area contributed by atoms with Gasteiger partial charge in [-0.3, -0.25) is 4.79 Å². The first-order valence-corrected chi connectivity index (χ1v) is 15.4. The normalized spacial score (nSPS) is 22.7. The van der Waals surface area contributed by atoms with E-state index in [-0.39, 0.29) is 23.8 Å². The number of carbonyl (C=O) groups excluding carboxylic acids is 1. The SMILES string of the molecule is Cc1ccc(-c2ccc(S(=O)(=O)N3CCN(S(C)(=O)=O)CC3C(=O)NOC3CCCCO3)s2)cc1. The van der Waals surface area contributed by atoms with E-state index in [2.05, 4.69) is 5.48 Å². The molecule has 2 unspecified atom stereocenters. The van der Waals surface area contributed by atoms with Crippen LogP contribution in [0.25, 0.3) is 10.4 Å². The first-order valence-electron chi connectivity index (χ1n) is 11.3. The number of hydroxylamine groups is 1. The summed E-state index contributed by atoms with van der Waals surface area (Å²) in [6, 6.07) is 9.69. The fourth-order valence-corrected chi connectivity index (χ4v) is 7.82. The molecular weight excluding hydrogens is 514 g/mol. The van der Waals surface area contributed by atoms with Crippen molar-refractivity contribution in [1.29, 1.82) is 0 Å². The zero-order chi connectivity index (χ0) is 25.2. The Hall–Kier alpha value is -1.87. The Kier molecular flexibility index (Phi) is 7.95. The third-order valence-corrected chi connectivity index (χ3v) is 10.8. The van der Waals surface area contributed by atoms with Crippen LogP contribution in [0.3, 0.4) is 0 Å². The van der Waals surface area contributed by atoms with E-state index in [1.807, 2.05) is 31.2 Å². The number of piperazine rings is 1. The quantitative estimate of drug-likeness (QED) is 0.530. The summed E-state index contributed by atoms with van der Waals surface area (Å²) in [7, 11) is -7.71. The number of amides is 1. The number of aryl methyl sites for hydroxylation is 1. The van der Waals surface area contributed by atoms with E-state index in [0.29, 0.717) is 13.0 Å². The molecule has 1 aromatic carbocycles. The van der Waals surface area contributed by atoms with Gasteiger partial charge in [0.15, 0.2) is 6.29 Å². The van der Waals surface area contributed by atoms with E-state index in [1.165, 1.54) is 6.07 Å². The first-order chi connectivity index (χ1) is 16.6. The predicted molar refractivity (Wildman–Crippen MR) is 131 cm³/mol. The third-order valence-electron chi connectivity index (χ3n) is 5.97. The van der Waals surface area contributed by atoms with Gasteiger partial charge in [-0.15, -0.1) is 11.3 Å². The van der Waals surface area contributed by atoms with E-state index < -0.39 is 38.3 Å². The molecule has 2 fully saturated rings. The van der Waals surface area contributed by atoms with Gasteiger partial charge in [-0.1, -0.05) is 29.8 Å². The number of carbonyl (C=O) groups is 1. The number of hydrogen-bond donors (Lipinski definition) is 1. The highest BCUT2D eigenvalue weighted by Crippen LogP contribution is 2.34. The second-order valence-corrected chi connectivity index (χ2v) is 13.8. The molecule has 0 radical (unpaired) electrons. The van der Waals surface area contributed by atoms with E-state index in [9.17, 15) is 21.6 Å². The molecule has 1 amide bonds. The van der Waals surface area contributed by atoms with Crippen molar-refractivity contribution in [2.45, 2.75) is 42.7 Å². The molecule has 0 bridgehead atoms. The fourth-order valence-electron chi connectivity index (χ4n) is 3.99. The smallest absolute Gasteiger partial charge is 0.263 e. The second-order valence-electron chi connectivity index (χ2n) is 8.62. The molecule has 35 heavy (non-hydrogen) atoms. The van der Waals surface area contributed by atoms with E-state index >= 15 is 0 Å². The van der Waals surface area contributed by atoms with Crippen LogP contribution in [-0.4, -0.2) is 76.2 Å². The van der Waals surface area contributed by atoms with Crippen molar-refractivity contribution in [2.24, 2.45) is 0 Å². The molecule has 2 atom stereocenters. The summed E-state index contributed by atoms with van der Waals surface area (Å²) in [5.41, 5.74) is 4.28. The zero-order valence-corrected chi connectivity index (χ0v) is 22.0. The van der Waals surface area contributed by atoms with Crippen LogP contribution in [0.5, 0.6) is 0 Å². The van der Waals surface area contributed by atoms with E-state index in [0.717, 1.165) is 55.0 Å². The summed E-state index contributed by atoms with van der Waals surface area (Å²) >= 11 is 1.10. The molecule has 2 aromatic rings. The number of nitrogens with zero attached hydrogens (tertiary/aromatic N) is 2. The van der Waals surface area contributed by atoms with Crippen LogP contribution in [-0.2, 0) is 34.4 Å². The molecule has 192 valence electrons. The van der Waals surface area contributed by atoms with Crippen LogP contribution in [0.1, 0.15) is 24.8 Å². The molecule has 3 heterocycles. The molecular formula is C22H29N3O7S3. The topological polar surface area (TPSA) is 122 Å². The summed E-state index contributed by atoms with van der Waals surface area (Å²) in [4.78, 5) is 19.2. The molecule has 13 heteroatoms. The first kappa shape index (κ1) is 26.2. The summed E-state index contributed by atoms with van der Waals surface area (Å²) in [5, 5.41) is 0. The van der Waals surface area contributed by atoms with Gasteiger partial charge in [0.25, 0.3) is 15.9 Å². The molecule has 2 aliphatic rings. The Morgan fingerprint density at radius 1 is 1.09 bits per heavy atom. The summed E-state index contributed by atoms with van der Waals surface area (Å²) in [5.74, 6) is -0.744. The number of rotatable bonds is 7. The van der Waals surface area contributed by atoms with Crippen molar-refractivity contribution < 1.29 is 31.2 Å². The van der Waals surface area contributed by atoms with Crippen molar-refractivity contribution >= 4 is 37.3 Å². The second kappa shape index (κ2) is 10.6. The minimum atomic E-state index is -4.08. The molecule has 1 aromatic heterocycles. The number of hydrogen-bond acceptors (Lipinski definition) is 8. The Balaban J connectivity index is 1.57. The Labute approximate surface area is 209 Å². The lowest BCUT2D eigenvalue weighted by Crippen LogP contribution is -2.61. The number of ether oxygens (including phenoxy) is 1. The maximum Gasteiger partial charge on any atom is 0.263 e. The fraction of sp³-hybridized carbons (Fsp3) is 0.500. The predicted octanol–water partition coefficient (Wildman–Crippen LogP) is 1.93. The highest BCUT2D eigenvalue weighted by molar-refractivity contribution is 7.91. The molecule has 0 saturated carbocycles. The monoisotopic (exact) mass is 543 g/mol. The van der Waals surface area contributed by atoms with Crippen LogP contribution in [0, 0.1) is 6.92 Å². The van der Waals surface area contributed by atoms with Gasteiger partial charge in [0, 0.05) is 37.5 Å². The van der Waals surface area contributed by atoms with Crippen LogP contribution < -0.4 is 5.48 Å². The molecule has 10 nitrogen and oxygen atoms in total. The van der Waals surface area contributed by atoms with Crippen LogP contribution in [0.4, 0.5) is 0 Å². The lowest BCUT2D eigenvalue weighted by atomic mass is 10.1. The lowest BCUT2D eigenvalue weighted by Gasteiger charge is -2.38. The Morgan fingerprint density at radius 3 is 2.49 bits per heavy atom. The van der Waals surface area contributed by atoms with Crippen molar-refractivity contribution in [3.8, 4) is 10.4 Å². The van der Waals surface area contributed by atoms with Crippen molar-refractivity contribution in [3.05, 3.63) is 42.0 Å².